The third kappa shape index (κ3) is 2.85. The van der Waals surface area contributed by atoms with Gasteiger partial charge >= 0.3 is 0 Å². The van der Waals surface area contributed by atoms with E-state index in [0.717, 1.165) is 56.0 Å². The Hall–Kier alpha value is -4.64. The van der Waals surface area contributed by atoms with E-state index in [1.807, 2.05) is 36.7 Å². The number of nitrogens with zero attached hydrogens (tertiary/aromatic N) is 2. The van der Waals surface area contributed by atoms with Crippen molar-refractivity contribution >= 4 is 44.8 Å². The standard InChI is InChI=1S/C32H22BN2O2/c1-19-21-9-4-3-8-20(21)14-15-22(19)32-23-16-30-25(17-26(23)34-18-35(32)2)33-24-10-5-6-11-27(24)36-28-12-7-13-29(37-30)31(28)33/h3-18H,1-2H3/q+1. The molecular weight excluding hydrogens is 455 g/mol. The first-order valence-corrected chi connectivity index (χ1v) is 12.6. The van der Waals surface area contributed by atoms with Crippen LogP contribution in [0.2, 0.25) is 0 Å². The first kappa shape index (κ1) is 20.5. The van der Waals surface area contributed by atoms with Crippen LogP contribution in [0.3, 0.4) is 0 Å². The van der Waals surface area contributed by atoms with Crippen LogP contribution in [0.4, 0.5) is 0 Å². The van der Waals surface area contributed by atoms with E-state index in [9.17, 15) is 0 Å². The molecule has 0 spiro atoms. The lowest BCUT2D eigenvalue weighted by atomic mass is 9.35. The van der Waals surface area contributed by atoms with Gasteiger partial charge in [0.25, 0.3) is 13.0 Å². The van der Waals surface area contributed by atoms with E-state index in [2.05, 4.69) is 79.2 Å². The lowest BCUT2D eigenvalue weighted by Crippen LogP contribution is -2.57. The molecule has 5 aromatic carbocycles. The van der Waals surface area contributed by atoms with Crippen LogP contribution in [-0.2, 0) is 7.05 Å². The van der Waals surface area contributed by atoms with Gasteiger partial charge in [0.1, 0.15) is 28.7 Å². The zero-order chi connectivity index (χ0) is 24.7. The normalized spacial score (nSPS) is 13.0. The molecule has 1 aromatic heterocycles. The van der Waals surface area contributed by atoms with Crippen molar-refractivity contribution < 1.29 is 14.0 Å². The molecule has 174 valence electrons. The molecule has 0 aliphatic carbocycles. The number of fused-ring (bicyclic) bond motifs is 6. The number of aromatic nitrogens is 2. The van der Waals surface area contributed by atoms with Crippen molar-refractivity contribution in [3.8, 4) is 34.3 Å². The molecule has 37 heavy (non-hydrogen) atoms. The molecule has 0 atom stereocenters. The molecule has 0 N–H and O–H groups in total. The Labute approximate surface area is 214 Å². The van der Waals surface area contributed by atoms with E-state index in [1.54, 1.807) is 0 Å². The molecular formula is C32H22BN2O2+. The molecule has 2 aliphatic heterocycles. The summed E-state index contributed by atoms with van der Waals surface area (Å²) in [5.74, 6) is 3.46. The highest BCUT2D eigenvalue weighted by molar-refractivity contribution is 6.98. The van der Waals surface area contributed by atoms with E-state index in [0.29, 0.717) is 0 Å². The average molecular weight is 477 g/mol. The Morgan fingerprint density at radius 1 is 0.703 bits per heavy atom. The number of ether oxygens (including phenoxy) is 2. The number of aryl methyl sites for hydroxylation is 2. The summed E-state index contributed by atoms with van der Waals surface area (Å²) in [7, 11) is 2.06. The molecule has 0 bridgehead atoms. The quantitative estimate of drug-likeness (QED) is 0.249. The summed E-state index contributed by atoms with van der Waals surface area (Å²) in [5, 5.41) is 3.58. The monoisotopic (exact) mass is 477 g/mol. The fourth-order valence-electron chi connectivity index (χ4n) is 6.12. The maximum absolute atomic E-state index is 6.56. The Balaban J connectivity index is 1.41. The van der Waals surface area contributed by atoms with Crippen molar-refractivity contribution in [1.29, 1.82) is 0 Å². The third-order valence-electron chi connectivity index (χ3n) is 7.86. The molecule has 4 nitrogen and oxygen atoms in total. The van der Waals surface area contributed by atoms with Gasteiger partial charge in [-0.3, -0.25) is 0 Å². The smallest absolute Gasteiger partial charge is 0.287 e. The molecule has 0 saturated carbocycles. The van der Waals surface area contributed by atoms with Gasteiger partial charge in [-0.05, 0) is 75.6 Å². The van der Waals surface area contributed by atoms with Gasteiger partial charge in [-0.25, -0.2) is 4.57 Å². The first-order valence-electron chi connectivity index (χ1n) is 12.6. The van der Waals surface area contributed by atoms with Crippen LogP contribution in [-0.4, -0.2) is 11.7 Å². The van der Waals surface area contributed by atoms with Crippen molar-refractivity contribution in [1.82, 2.24) is 4.98 Å². The summed E-state index contributed by atoms with van der Waals surface area (Å²) < 4.78 is 14.9. The van der Waals surface area contributed by atoms with E-state index < -0.39 is 0 Å². The van der Waals surface area contributed by atoms with E-state index >= 15 is 0 Å². The Bertz CT molecular complexity index is 1930. The van der Waals surface area contributed by atoms with Crippen molar-refractivity contribution in [2.45, 2.75) is 6.92 Å². The molecule has 0 unspecified atom stereocenters. The predicted molar refractivity (Wildman–Crippen MR) is 148 cm³/mol. The van der Waals surface area contributed by atoms with Crippen molar-refractivity contribution in [2.75, 3.05) is 0 Å². The third-order valence-corrected chi connectivity index (χ3v) is 7.86. The predicted octanol–water partition coefficient (Wildman–Crippen LogP) is 4.92. The number of para-hydroxylation sites is 1. The number of hydrogen-bond donors (Lipinski definition) is 0. The van der Waals surface area contributed by atoms with E-state index in [4.69, 9.17) is 14.5 Å². The zero-order valence-corrected chi connectivity index (χ0v) is 20.5. The lowest BCUT2D eigenvalue weighted by Gasteiger charge is -2.32. The Morgan fingerprint density at radius 3 is 2.35 bits per heavy atom. The Morgan fingerprint density at radius 2 is 1.46 bits per heavy atom. The molecule has 8 rings (SSSR count). The number of hydrogen-bond acceptors (Lipinski definition) is 3. The maximum atomic E-state index is 6.56. The number of rotatable bonds is 1. The van der Waals surface area contributed by atoms with Crippen LogP contribution >= 0.6 is 0 Å². The molecule has 0 radical (unpaired) electrons. The topological polar surface area (TPSA) is 35.2 Å². The first-order chi connectivity index (χ1) is 18.2. The van der Waals surface area contributed by atoms with Gasteiger partial charge in [0.15, 0.2) is 5.52 Å². The van der Waals surface area contributed by atoms with E-state index in [-0.39, 0.29) is 6.71 Å². The van der Waals surface area contributed by atoms with Gasteiger partial charge in [0, 0.05) is 11.0 Å². The van der Waals surface area contributed by atoms with Gasteiger partial charge in [0.2, 0.25) is 0 Å². The SMILES string of the molecule is Cc1c(-c2c3cc4c(cc3nc[n+]2C)B2c3ccccc3Oc3cccc(c32)O4)ccc2ccccc12. The fourth-order valence-corrected chi connectivity index (χ4v) is 6.12. The van der Waals surface area contributed by atoms with E-state index in [1.165, 1.54) is 21.9 Å². The van der Waals surface area contributed by atoms with Crippen molar-refractivity contribution in [3.63, 3.8) is 0 Å². The lowest BCUT2D eigenvalue weighted by molar-refractivity contribution is -0.662. The molecule has 0 saturated heterocycles. The van der Waals surface area contributed by atoms with Crippen molar-refractivity contribution in [2.24, 2.45) is 7.05 Å². The second-order valence-corrected chi connectivity index (χ2v) is 9.91. The van der Waals surface area contributed by atoms with Crippen LogP contribution in [0, 0.1) is 6.92 Å². The Kier molecular flexibility index (Phi) is 4.13. The van der Waals surface area contributed by atoms with Gasteiger partial charge in [-0.2, -0.15) is 0 Å². The largest absolute Gasteiger partial charge is 0.458 e. The average Bonchev–Trinajstić information content (AvgIpc) is 2.93. The summed E-state index contributed by atoms with van der Waals surface area (Å²) >= 11 is 0. The van der Waals surface area contributed by atoms with Crippen LogP contribution in [0.1, 0.15) is 5.56 Å². The fraction of sp³-hybridized carbons (Fsp3) is 0.0625. The van der Waals surface area contributed by atoms with Gasteiger partial charge < -0.3 is 9.47 Å². The van der Waals surface area contributed by atoms with Gasteiger partial charge in [-0.1, -0.05) is 54.6 Å². The van der Waals surface area contributed by atoms with Crippen LogP contribution in [0.15, 0.2) is 97.3 Å². The zero-order valence-electron chi connectivity index (χ0n) is 20.5. The molecule has 0 fully saturated rings. The van der Waals surface area contributed by atoms with Crippen LogP contribution in [0.5, 0.6) is 23.0 Å². The van der Waals surface area contributed by atoms with Crippen molar-refractivity contribution in [3.05, 3.63) is 103 Å². The minimum absolute atomic E-state index is 0.0333. The minimum Gasteiger partial charge on any atom is -0.458 e. The highest BCUT2D eigenvalue weighted by Crippen LogP contribution is 2.37. The summed E-state index contributed by atoms with van der Waals surface area (Å²) in [4.78, 5) is 4.86. The molecule has 3 heterocycles. The minimum atomic E-state index is 0.0333. The molecule has 0 amide bonds. The molecule has 6 aromatic rings. The summed E-state index contributed by atoms with van der Waals surface area (Å²) in [6.45, 7) is 2.24. The highest BCUT2D eigenvalue weighted by Gasteiger charge is 2.40. The summed E-state index contributed by atoms with van der Waals surface area (Å²) in [6.07, 6.45) is 1.92. The van der Waals surface area contributed by atoms with Gasteiger partial charge in [-0.15, -0.1) is 0 Å². The second kappa shape index (κ2) is 7.44. The second-order valence-electron chi connectivity index (χ2n) is 9.91. The summed E-state index contributed by atoms with van der Waals surface area (Å²) in [6, 6.07) is 31.7. The number of benzene rings is 5. The van der Waals surface area contributed by atoms with Crippen LogP contribution in [0.25, 0.3) is 32.9 Å². The summed E-state index contributed by atoms with van der Waals surface area (Å²) in [5.41, 5.74) is 7.89. The van der Waals surface area contributed by atoms with Crippen LogP contribution < -0.4 is 30.4 Å². The highest BCUT2D eigenvalue weighted by atomic mass is 16.5. The molecule has 5 heteroatoms. The molecule has 2 aliphatic rings. The van der Waals surface area contributed by atoms with Gasteiger partial charge in [0.05, 0.1) is 12.4 Å². The maximum Gasteiger partial charge on any atom is 0.287 e.